The third-order valence-electron chi connectivity index (χ3n) is 3.25. The van der Waals surface area contributed by atoms with Gasteiger partial charge >= 0.3 is 11.9 Å². The van der Waals surface area contributed by atoms with Gasteiger partial charge in [-0.25, -0.2) is 4.79 Å². The molecule has 0 radical (unpaired) electrons. The van der Waals surface area contributed by atoms with Crippen LogP contribution >= 0.6 is 0 Å². The molecule has 0 saturated carbocycles. The third-order valence-corrected chi connectivity index (χ3v) is 3.25. The Hall–Kier alpha value is -2.24. The van der Waals surface area contributed by atoms with Gasteiger partial charge in [0.05, 0.1) is 31.0 Å². The molecule has 0 aromatic carbocycles. The lowest BCUT2D eigenvalue weighted by atomic mass is 10.2. The first kappa shape index (κ1) is 19.8. The van der Waals surface area contributed by atoms with Gasteiger partial charge < -0.3 is 9.47 Å². The van der Waals surface area contributed by atoms with Gasteiger partial charge in [-0.3, -0.25) is 14.8 Å². The number of ether oxygens (including phenoxy) is 2. The molecule has 0 aliphatic carbocycles. The largest absolute Gasteiger partial charge is 0.466 e. The summed E-state index contributed by atoms with van der Waals surface area (Å²) in [5.74, 6) is -0.651. The van der Waals surface area contributed by atoms with E-state index < -0.39 is 5.97 Å². The lowest BCUT2D eigenvalue weighted by Crippen LogP contribution is -2.08. The summed E-state index contributed by atoms with van der Waals surface area (Å²) in [6.07, 6.45) is 10.3. The lowest BCUT2D eigenvalue weighted by molar-refractivity contribution is -0.143. The molecule has 1 rings (SSSR count). The fourth-order valence-corrected chi connectivity index (χ4v) is 1.84. The summed E-state index contributed by atoms with van der Waals surface area (Å²) >= 11 is 0. The molecule has 0 amide bonds. The molecule has 132 valence electrons. The third kappa shape index (κ3) is 8.41. The maximum Gasteiger partial charge on any atom is 0.330 e. The second kappa shape index (κ2) is 12.2. The van der Waals surface area contributed by atoms with Gasteiger partial charge in [0.15, 0.2) is 0 Å². The number of rotatable bonds is 11. The zero-order valence-corrected chi connectivity index (χ0v) is 14.5. The van der Waals surface area contributed by atoms with Gasteiger partial charge in [-0.05, 0) is 18.9 Å². The van der Waals surface area contributed by atoms with Crippen molar-refractivity contribution in [3.05, 3.63) is 29.9 Å². The summed E-state index contributed by atoms with van der Waals surface area (Å²) in [5.41, 5.74) is 1.22. The highest BCUT2D eigenvalue weighted by molar-refractivity contribution is 5.86. The molecule has 6 nitrogen and oxygen atoms in total. The van der Waals surface area contributed by atoms with Crippen molar-refractivity contribution in [2.45, 2.75) is 52.4 Å². The fourth-order valence-electron chi connectivity index (χ4n) is 1.84. The summed E-state index contributed by atoms with van der Waals surface area (Å²) in [6, 6.07) is 0. The van der Waals surface area contributed by atoms with E-state index in [2.05, 4.69) is 9.97 Å². The quantitative estimate of drug-likeness (QED) is 0.351. The van der Waals surface area contributed by atoms with Crippen LogP contribution in [0, 0.1) is 0 Å². The van der Waals surface area contributed by atoms with Crippen LogP contribution in [0.5, 0.6) is 0 Å². The van der Waals surface area contributed by atoms with Gasteiger partial charge in [-0.1, -0.05) is 26.7 Å². The van der Waals surface area contributed by atoms with E-state index in [1.807, 2.05) is 13.8 Å². The van der Waals surface area contributed by atoms with Crippen LogP contribution < -0.4 is 0 Å². The van der Waals surface area contributed by atoms with Crippen molar-refractivity contribution in [3.8, 4) is 0 Å². The number of hydrogen-bond donors (Lipinski definition) is 0. The van der Waals surface area contributed by atoms with Crippen LogP contribution in [0.15, 0.2) is 18.5 Å². The standard InChI is InChI=1S/C18H26N2O4/c1-3-5-13-23-17(21)9-7-15-16(20-12-11-19-15)8-10-18(22)24-14-6-4-2/h7,9,11-12H,3-6,8,10,13-14H2,1-2H3/b9-7+. The van der Waals surface area contributed by atoms with Gasteiger partial charge in [-0.2, -0.15) is 0 Å². The Morgan fingerprint density at radius 2 is 1.71 bits per heavy atom. The molecule has 0 saturated heterocycles. The number of hydrogen-bond acceptors (Lipinski definition) is 6. The lowest BCUT2D eigenvalue weighted by Gasteiger charge is -2.05. The van der Waals surface area contributed by atoms with Gasteiger partial charge in [0, 0.05) is 24.9 Å². The summed E-state index contributed by atoms with van der Waals surface area (Å²) in [7, 11) is 0. The van der Waals surface area contributed by atoms with Crippen molar-refractivity contribution in [2.24, 2.45) is 0 Å². The van der Waals surface area contributed by atoms with Crippen LogP contribution in [0.3, 0.4) is 0 Å². The Morgan fingerprint density at radius 1 is 1.04 bits per heavy atom. The Kier molecular flexibility index (Phi) is 10.1. The monoisotopic (exact) mass is 334 g/mol. The highest BCUT2D eigenvalue weighted by atomic mass is 16.5. The minimum atomic E-state index is -0.404. The van der Waals surface area contributed by atoms with Gasteiger partial charge in [-0.15, -0.1) is 0 Å². The predicted molar refractivity (Wildman–Crippen MR) is 91.1 cm³/mol. The van der Waals surface area contributed by atoms with Crippen LogP contribution in [0.1, 0.15) is 57.3 Å². The molecule has 0 bridgehead atoms. The Bertz CT molecular complexity index is 544. The van der Waals surface area contributed by atoms with Crippen LogP contribution in [0.4, 0.5) is 0 Å². The number of carbonyl (C=O) groups excluding carboxylic acids is 2. The van der Waals surface area contributed by atoms with Crippen LogP contribution in [-0.2, 0) is 25.5 Å². The molecule has 0 N–H and O–H groups in total. The predicted octanol–water partition coefficient (Wildman–Crippen LogP) is 3.11. The van der Waals surface area contributed by atoms with Crippen molar-refractivity contribution in [1.82, 2.24) is 9.97 Å². The summed E-state index contributed by atoms with van der Waals surface area (Å²) in [4.78, 5) is 31.7. The molecular weight excluding hydrogens is 308 g/mol. The van der Waals surface area contributed by atoms with E-state index >= 15 is 0 Å². The first-order chi connectivity index (χ1) is 11.7. The summed E-state index contributed by atoms with van der Waals surface area (Å²) in [5, 5.41) is 0. The minimum absolute atomic E-state index is 0.240. The molecule has 6 heteroatoms. The van der Waals surface area contributed by atoms with Crippen molar-refractivity contribution in [3.63, 3.8) is 0 Å². The highest BCUT2D eigenvalue weighted by Gasteiger charge is 2.08. The Labute approximate surface area is 143 Å². The molecule has 1 aromatic heterocycles. The first-order valence-corrected chi connectivity index (χ1v) is 8.47. The Morgan fingerprint density at radius 3 is 2.42 bits per heavy atom. The number of aryl methyl sites for hydroxylation is 1. The zero-order valence-electron chi connectivity index (χ0n) is 14.5. The van der Waals surface area contributed by atoms with E-state index in [0.717, 1.165) is 25.7 Å². The molecule has 0 atom stereocenters. The molecule has 0 spiro atoms. The molecule has 0 fully saturated rings. The minimum Gasteiger partial charge on any atom is -0.466 e. The van der Waals surface area contributed by atoms with E-state index in [1.165, 1.54) is 6.08 Å². The number of esters is 2. The second-order valence-corrected chi connectivity index (χ2v) is 5.32. The van der Waals surface area contributed by atoms with E-state index in [0.29, 0.717) is 31.0 Å². The van der Waals surface area contributed by atoms with Crippen molar-refractivity contribution < 1.29 is 19.1 Å². The molecular formula is C18H26N2O4. The zero-order chi connectivity index (χ0) is 17.6. The summed E-state index contributed by atoms with van der Waals surface area (Å²) in [6.45, 7) is 4.94. The van der Waals surface area contributed by atoms with E-state index in [4.69, 9.17) is 9.47 Å². The molecule has 1 heterocycles. The SMILES string of the molecule is CCCCOC(=O)/C=C/c1nccnc1CCC(=O)OCCCC. The average molecular weight is 334 g/mol. The number of aromatic nitrogens is 2. The van der Waals surface area contributed by atoms with E-state index in [9.17, 15) is 9.59 Å². The smallest absolute Gasteiger partial charge is 0.330 e. The molecule has 24 heavy (non-hydrogen) atoms. The van der Waals surface area contributed by atoms with Crippen molar-refractivity contribution in [2.75, 3.05) is 13.2 Å². The maximum atomic E-state index is 11.7. The first-order valence-electron chi connectivity index (χ1n) is 8.47. The maximum absolute atomic E-state index is 11.7. The molecule has 0 aliphatic heterocycles. The Balaban J connectivity index is 2.52. The topological polar surface area (TPSA) is 78.4 Å². The van der Waals surface area contributed by atoms with Crippen LogP contribution in [0.2, 0.25) is 0 Å². The van der Waals surface area contributed by atoms with Gasteiger partial charge in [0.25, 0.3) is 0 Å². The van der Waals surface area contributed by atoms with E-state index in [1.54, 1.807) is 18.5 Å². The normalized spacial score (nSPS) is 10.8. The van der Waals surface area contributed by atoms with Crippen LogP contribution in [-0.4, -0.2) is 35.1 Å². The second-order valence-electron chi connectivity index (χ2n) is 5.32. The van der Waals surface area contributed by atoms with Crippen LogP contribution in [0.25, 0.3) is 6.08 Å². The van der Waals surface area contributed by atoms with Crippen molar-refractivity contribution in [1.29, 1.82) is 0 Å². The van der Waals surface area contributed by atoms with Gasteiger partial charge in [0.2, 0.25) is 0 Å². The highest BCUT2D eigenvalue weighted by Crippen LogP contribution is 2.08. The fraction of sp³-hybridized carbons (Fsp3) is 0.556. The average Bonchev–Trinajstić information content (AvgIpc) is 2.59. The molecule has 1 aromatic rings. The van der Waals surface area contributed by atoms with E-state index in [-0.39, 0.29) is 12.4 Å². The number of unbranched alkanes of at least 4 members (excludes halogenated alkanes) is 2. The van der Waals surface area contributed by atoms with Crippen molar-refractivity contribution >= 4 is 18.0 Å². The van der Waals surface area contributed by atoms with Gasteiger partial charge in [0.1, 0.15) is 0 Å². The number of nitrogens with zero attached hydrogens (tertiary/aromatic N) is 2. The molecule has 0 unspecified atom stereocenters. The summed E-state index contributed by atoms with van der Waals surface area (Å²) < 4.78 is 10.2. The number of carbonyl (C=O) groups is 2. The molecule has 0 aliphatic rings.